The molecule has 3 aliphatic carbocycles. The van der Waals surface area contributed by atoms with Crippen LogP contribution in [0.25, 0.3) is 20.8 Å². The van der Waals surface area contributed by atoms with E-state index in [0.29, 0.717) is 11.9 Å². The van der Waals surface area contributed by atoms with Gasteiger partial charge in [-0.05, 0) is 77.3 Å². The van der Waals surface area contributed by atoms with Crippen LogP contribution >= 0.6 is 11.3 Å². The molecule has 3 aromatic heterocycles. The largest absolute Gasteiger partial charge is 0.367 e. The lowest BCUT2D eigenvalue weighted by atomic mass is 10.1. The topological polar surface area (TPSA) is 122 Å². The van der Waals surface area contributed by atoms with Crippen LogP contribution in [0.2, 0.25) is 0 Å². The predicted molar refractivity (Wildman–Crippen MR) is 139 cm³/mol. The van der Waals surface area contributed by atoms with E-state index in [1.54, 1.807) is 11.3 Å². The van der Waals surface area contributed by atoms with Crippen molar-refractivity contribution in [2.24, 2.45) is 17.8 Å². The average molecular weight is 514 g/mol. The SMILES string of the molecule is CNS(=O)(=O)C1C2CC(Nc3nc(NCC4CC4)nc(C)c3-c3nc4c(C)nc(C)cc4s3)C[C@@H]21. The Morgan fingerprint density at radius 2 is 1.77 bits per heavy atom. The number of nitrogens with zero attached hydrogens (tertiary/aromatic N) is 4. The molecule has 3 heterocycles. The van der Waals surface area contributed by atoms with Crippen LogP contribution in [0.1, 0.15) is 42.8 Å². The van der Waals surface area contributed by atoms with E-state index in [2.05, 4.69) is 26.4 Å². The molecule has 11 heteroatoms. The van der Waals surface area contributed by atoms with Gasteiger partial charge in [-0.3, -0.25) is 4.98 Å². The van der Waals surface area contributed by atoms with Crippen LogP contribution in [0, 0.1) is 38.5 Å². The number of rotatable bonds is 8. The highest BCUT2D eigenvalue weighted by atomic mass is 32.2. The lowest BCUT2D eigenvalue weighted by Crippen LogP contribution is -2.29. The monoisotopic (exact) mass is 513 g/mol. The summed E-state index contributed by atoms with van der Waals surface area (Å²) in [5.74, 6) is 2.54. The predicted octanol–water partition coefficient (Wildman–Crippen LogP) is 3.63. The van der Waals surface area contributed by atoms with Gasteiger partial charge < -0.3 is 10.6 Å². The Labute approximate surface area is 209 Å². The van der Waals surface area contributed by atoms with Crippen molar-refractivity contribution in [1.29, 1.82) is 0 Å². The van der Waals surface area contributed by atoms with Gasteiger partial charge in [-0.25, -0.2) is 23.1 Å². The first-order valence-corrected chi connectivity index (χ1v) is 14.7. The minimum absolute atomic E-state index is 0.178. The van der Waals surface area contributed by atoms with Crippen LogP contribution in [-0.4, -0.2) is 53.2 Å². The Bertz CT molecular complexity index is 1400. The summed E-state index contributed by atoms with van der Waals surface area (Å²) in [5.41, 5.74) is 4.61. The molecule has 6 rings (SSSR count). The molecule has 3 aromatic rings. The Kier molecular flexibility index (Phi) is 5.50. The molecule has 0 bridgehead atoms. The number of hydrogen-bond donors (Lipinski definition) is 3. The van der Waals surface area contributed by atoms with Crippen molar-refractivity contribution in [2.45, 2.75) is 57.7 Å². The highest BCUT2D eigenvalue weighted by molar-refractivity contribution is 7.90. The van der Waals surface area contributed by atoms with Crippen molar-refractivity contribution >= 4 is 43.3 Å². The fraction of sp³-hybridized carbons (Fsp3) is 0.583. The van der Waals surface area contributed by atoms with Crippen LogP contribution in [0.3, 0.4) is 0 Å². The molecule has 0 aromatic carbocycles. The summed E-state index contributed by atoms with van der Waals surface area (Å²) in [7, 11) is -1.70. The minimum atomic E-state index is -3.20. The summed E-state index contributed by atoms with van der Waals surface area (Å²) < 4.78 is 28.1. The third-order valence-electron chi connectivity index (χ3n) is 7.58. The minimum Gasteiger partial charge on any atom is -0.367 e. The summed E-state index contributed by atoms with van der Waals surface area (Å²) in [6, 6.07) is 2.25. The van der Waals surface area contributed by atoms with E-state index in [1.807, 2.05) is 20.8 Å². The molecule has 186 valence electrons. The van der Waals surface area contributed by atoms with Gasteiger partial charge in [0.2, 0.25) is 16.0 Å². The van der Waals surface area contributed by atoms with E-state index in [0.717, 1.165) is 63.1 Å². The van der Waals surface area contributed by atoms with E-state index < -0.39 is 10.0 Å². The first-order chi connectivity index (χ1) is 16.7. The van der Waals surface area contributed by atoms with Crippen molar-refractivity contribution in [1.82, 2.24) is 24.7 Å². The van der Waals surface area contributed by atoms with Gasteiger partial charge in [-0.15, -0.1) is 11.3 Å². The number of fused-ring (bicyclic) bond motifs is 2. The Hall–Kier alpha value is -2.37. The maximum absolute atomic E-state index is 12.3. The number of aryl methyl sites for hydroxylation is 3. The first kappa shape index (κ1) is 23.1. The summed E-state index contributed by atoms with van der Waals surface area (Å²) in [4.78, 5) is 19.2. The van der Waals surface area contributed by atoms with E-state index >= 15 is 0 Å². The number of sulfonamides is 1. The lowest BCUT2D eigenvalue weighted by Gasteiger charge is -2.20. The highest BCUT2D eigenvalue weighted by Crippen LogP contribution is 2.56. The van der Waals surface area contributed by atoms with Gasteiger partial charge in [0.1, 0.15) is 16.3 Å². The van der Waals surface area contributed by atoms with Gasteiger partial charge in [0.05, 0.1) is 26.9 Å². The lowest BCUT2D eigenvalue weighted by molar-refractivity contribution is 0.569. The molecule has 0 aliphatic heterocycles. The number of pyridine rings is 1. The standard InChI is InChI=1S/C24H31N7O2S2/c1-11-7-18-20(13(3)27-11)30-23(34-18)19-12(2)28-24(26-10-14-5-6-14)31-22(19)29-15-8-16-17(9-15)21(16)35(32,33)25-4/h7,14-17,21,25H,5-6,8-10H2,1-4H3,(H2,26,28,29,31)/t15?,16-,17?,21?/m0/s1. The van der Waals surface area contributed by atoms with Gasteiger partial charge in [-0.1, -0.05) is 0 Å². The van der Waals surface area contributed by atoms with Crippen molar-refractivity contribution in [3.8, 4) is 10.6 Å². The van der Waals surface area contributed by atoms with Gasteiger partial charge in [0.15, 0.2) is 0 Å². The zero-order valence-corrected chi connectivity index (χ0v) is 22.1. The summed E-state index contributed by atoms with van der Waals surface area (Å²) in [6.07, 6.45) is 4.17. The van der Waals surface area contributed by atoms with E-state index in [1.165, 1.54) is 19.9 Å². The van der Waals surface area contributed by atoms with Crippen molar-refractivity contribution in [3.63, 3.8) is 0 Å². The van der Waals surface area contributed by atoms with Gasteiger partial charge in [0.25, 0.3) is 0 Å². The van der Waals surface area contributed by atoms with Gasteiger partial charge in [0, 0.05) is 18.3 Å². The third-order valence-corrected chi connectivity index (χ3v) is 10.6. The summed E-state index contributed by atoms with van der Waals surface area (Å²) in [5, 5.41) is 7.69. The molecule has 3 fully saturated rings. The molecule has 3 unspecified atom stereocenters. The van der Waals surface area contributed by atoms with Crippen molar-refractivity contribution in [2.75, 3.05) is 24.2 Å². The van der Waals surface area contributed by atoms with Crippen LogP contribution in [0.4, 0.5) is 11.8 Å². The van der Waals surface area contributed by atoms with Crippen LogP contribution in [-0.2, 0) is 10.0 Å². The Balaban J connectivity index is 1.32. The number of aromatic nitrogens is 4. The zero-order valence-electron chi connectivity index (χ0n) is 20.4. The Morgan fingerprint density at radius 3 is 2.46 bits per heavy atom. The van der Waals surface area contributed by atoms with Crippen LogP contribution in [0.5, 0.6) is 0 Å². The maximum Gasteiger partial charge on any atom is 0.224 e. The second-order valence-electron chi connectivity index (χ2n) is 10.2. The molecule has 3 aliphatic rings. The number of anilines is 2. The molecule has 0 radical (unpaired) electrons. The van der Waals surface area contributed by atoms with Crippen LogP contribution < -0.4 is 15.4 Å². The summed E-state index contributed by atoms with van der Waals surface area (Å²) >= 11 is 1.64. The average Bonchev–Trinajstić information content (AvgIpc) is 3.67. The van der Waals surface area contributed by atoms with E-state index in [9.17, 15) is 8.42 Å². The second kappa shape index (κ2) is 8.35. The normalized spacial score (nSPS) is 25.6. The molecule has 3 N–H and O–H groups in total. The number of nitrogens with one attached hydrogen (secondary N) is 3. The van der Waals surface area contributed by atoms with E-state index in [-0.39, 0.29) is 23.1 Å². The summed E-state index contributed by atoms with van der Waals surface area (Å²) in [6.45, 7) is 6.89. The molecule has 9 nitrogen and oxygen atoms in total. The molecule has 0 spiro atoms. The second-order valence-corrected chi connectivity index (χ2v) is 13.3. The smallest absolute Gasteiger partial charge is 0.224 e. The Morgan fingerprint density at radius 1 is 1.03 bits per heavy atom. The van der Waals surface area contributed by atoms with Gasteiger partial charge in [-0.2, -0.15) is 4.98 Å². The van der Waals surface area contributed by atoms with Gasteiger partial charge >= 0.3 is 0 Å². The number of thiazole rings is 1. The molecule has 35 heavy (non-hydrogen) atoms. The van der Waals surface area contributed by atoms with Crippen molar-refractivity contribution < 1.29 is 8.42 Å². The maximum atomic E-state index is 12.3. The van der Waals surface area contributed by atoms with Crippen LogP contribution in [0.15, 0.2) is 6.07 Å². The highest BCUT2D eigenvalue weighted by Gasteiger charge is 2.62. The molecule has 0 saturated heterocycles. The van der Waals surface area contributed by atoms with Crippen molar-refractivity contribution in [3.05, 3.63) is 23.1 Å². The third kappa shape index (κ3) is 4.27. The molecule has 3 saturated carbocycles. The fourth-order valence-corrected chi connectivity index (χ4v) is 8.53. The molecular formula is C24H31N7O2S2. The molecular weight excluding hydrogens is 482 g/mol. The molecule has 0 amide bonds. The van der Waals surface area contributed by atoms with E-state index in [4.69, 9.17) is 15.0 Å². The quantitative estimate of drug-likeness (QED) is 0.417. The molecule has 4 atom stereocenters. The fourth-order valence-electron chi connectivity index (χ4n) is 5.59. The number of hydrogen-bond acceptors (Lipinski definition) is 9. The first-order valence-electron chi connectivity index (χ1n) is 12.3. The zero-order chi connectivity index (χ0) is 24.5.